The highest BCUT2D eigenvalue weighted by Crippen LogP contribution is 2.23. The molecule has 2 aromatic carbocycles. The van der Waals surface area contributed by atoms with Gasteiger partial charge < -0.3 is 10.0 Å². The van der Waals surface area contributed by atoms with E-state index < -0.39 is 11.7 Å². The number of phenolic OH excluding ortho intramolecular Hbond substituents is 1. The van der Waals surface area contributed by atoms with Gasteiger partial charge in [-0.1, -0.05) is 40.2 Å². The molecule has 104 valence electrons. The van der Waals surface area contributed by atoms with E-state index in [0.717, 1.165) is 16.1 Å². The van der Waals surface area contributed by atoms with Gasteiger partial charge >= 0.3 is 0 Å². The Bertz CT molecular complexity index is 625. The van der Waals surface area contributed by atoms with E-state index in [4.69, 9.17) is 0 Å². The maximum atomic E-state index is 13.7. The lowest BCUT2D eigenvalue weighted by atomic mass is 10.1. The van der Waals surface area contributed by atoms with Gasteiger partial charge in [-0.3, -0.25) is 4.79 Å². The quantitative estimate of drug-likeness (QED) is 0.930. The first kappa shape index (κ1) is 14.5. The highest BCUT2D eigenvalue weighted by atomic mass is 79.9. The molecule has 0 aliphatic heterocycles. The Labute approximate surface area is 124 Å². The minimum absolute atomic E-state index is 0.304. The van der Waals surface area contributed by atoms with Gasteiger partial charge in [-0.15, -0.1) is 0 Å². The topological polar surface area (TPSA) is 40.5 Å². The van der Waals surface area contributed by atoms with E-state index in [2.05, 4.69) is 15.9 Å². The third-order valence-electron chi connectivity index (χ3n) is 2.92. The molecule has 0 heterocycles. The van der Waals surface area contributed by atoms with E-state index in [0.29, 0.717) is 6.54 Å². The molecule has 0 saturated carbocycles. The van der Waals surface area contributed by atoms with E-state index in [9.17, 15) is 14.3 Å². The molecular formula is C15H13BrFNO2. The number of aromatic hydroxyl groups is 1. The van der Waals surface area contributed by atoms with Crippen LogP contribution in [0.4, 0.5) is 4.39 Å². The number of carbonyl (C=O) groups excluding carboxylic acids is 1. The van der Waals surface area contributed by atoms with E-state index >= 15 is 0 Å². The van der Waals surface area contributed by atoms with Crippen LogP contribution >= 0.6 is 15.9 Å². The molecule has 0 saturated heterocycles. The summed E-state index contributed by atoms with van der Waals surface area (Å²) in [4.78, 5) is 13.6. The average molecular weight is 338 g/mol. The zero-order valence-corrected chi connectivity index (χ0v) is 12.4. The van der Waals surface area contributed by atoms with Crippen LogP contribution in [0.15, 0.2) is 46.9 Å². The number of carbonyl (C=O) groups is 1. The summed E-state index contributed by atoms with van der Waals surface area (Å²) >= 11 is 3.40. The van der Waals surface area contributed by atoms with Crippen molar-refractivity contribution in [3.63, 3.8) is 0 Å². The molecule has 0 spiro atoms. The van der Waals surface area contributed by atoms with E-state index in [1.165, 1.54) is 17.0 Å². The molecule has 5 heteroatoms. The first-order valence-electron chi connectivity index (χ1n) is 5.97. The number of halogens is 2. The van der Waals surface area contributed by atoms with Crippen LogP contribution in [0.2, 0.25) is 0 Å². The molecule has 1 N–H and O–H groups in total. The maximum Gasteiger partial charge on any atom is 0.260 e. The van der Waals surface area contributed by atoms with Crippen LogP contribution in [0.25, 0.3) is 0 Å². The smallest absolute Gasteiger partial charge is 0.260 e. The van der Waals surface area contributed by atoms with Gasteiger partial charge in [0.15, 0.2) is 0 Å². The second-order valence-electron chi connectivity index (χ2n) is 4.39. The third kappa shape index (κ3) is 2.99. The summed E-state index contributed by atoms with van der Waals surface area (Å²) < 4.78 is 14.5. The van der Waals surface area contributed by atoms with Crippen LogP contribution in [-0.2, 0) is 6.54 Å². The SMILES string of the molecule is CN(Cc1ccccc1Br)C(=O)c1c(O)cccc1F. The fourth-order valence-electron chi connectivity index (χ4n) is 1.87. The van der Waals surface area contributed by atoms with Crippen molar-refractivity contribution in [2.45, 2.75) is 6.54 Å². The predicted molar refractivity (Wildman–Crippen MR) is 78.0 cm³/mol. The van der Waals surface area contributed by atoms with Gasteiger partial charge in [0.1, 0.15) is 17.1 Å². The first-order valence-corrected chi connectivity index (χ1v) is 6.76. The monoisotopic (exact) mass is 337 g/mol. The van der Waals surface area contributed by atoms with Crippen LogP contribution in [0.3, 0.4) is 0 Å². The Kier molecular flexibility index (Phi) is 4.39. The van der Waals surface area contributed by atoms with Crippen LogP contribution in [0.5, 0.6) is 5.75 Å². The first-order chi connectivity index (χ1) is 9.50. The van der Waals surface area contributed by atoms with Crippen molar-refractivity contribution in [1.29, 1.82) is 0 Å². The molecule has 1 amide bonds. The van der Waals surface area contributed by atoms with Gasteiger partial charge in [-0.2, -0.15) is 0 Å². The number of hydrogen-bond acceptors (Lipinski definition) is 2. The van der Waals surface area contributed by atoms with Crippen molar-refractivity contribution >= 4 is 21.8 Å². The summed E-state index contributed by atoms with van der Waals surface area (Å²) in [6.45, 7) is 0.314. The minimum Gasteiger partial charge on any atom is -0.507 e. The molecule has 0 fully saturated rings. The average Bonchev–Trinajstić information content (AvgIpc) is 2.41. The highest BCUT2D eigenvalue weighted by Gasteiger charge is 2.20. The van der Waals surface area contributed by atoms with E-state index in [1.807, 2.05) is 24.3 Å². The van der Waals surface area contributed by atoms with Crippen molar-refractivity contribution in [2.75, 3.05) is 7.05 Å². The summed E-state index contributed by atoms with van der Waals surface area (Å²) in [6, 6.07) is 11.3. The number of benzene rings is 2. The lowest BCUT2D eigenvalue weighted by Gasteiger charge is -2.19. The van der Waals surface area contributed by atoms with E-state index in [1.54, 1.807) is 7.05 Å². The molecule has 0 radical (unpaired) electrons. The molecule has 0 atom stereocenters. The van der Waals surface area contributed by atoms with Crippen LogP contribution in [0.1, 0.15) is 15.9 Å². The van der Waals surface area contributed by atoms with Crippen LogP contribution in [0, 0.1) is 5.82 Å². The van der Waals surface area contributed by atoms with Gasteiger partial charge in [-0.25, -0.2) is 4.39 Å². The standard InChI is InChI=1S/C15H13BrFNO2/c1-18(9-10-5-2-3-6-11(10)16)15(20)14-12(17)7-4-8-13(14)19/h2-8,19H,9H2,1H3. The predicted octanol–water partition coefficient (Wildman–Crippen LogP) is 3.57. The Morgan fingerprint density at radius 1 is 1.25 bits per heavy atom. The van der Waals surface area contributed by atoms with Gasteiger partial charge in [-0.05, 0) is 23.8 Å². The van der Waals surface area contributed by atoms with Crippen molar-refractivity contribution < 1.29 is 14.3 Å². The zero-order valence-electron chi connectivity index (χ0n) is 10.8. The Balaban J connectivity index is 2.24. The minimum atomic E-state index is -0.728. The molecule has 20 heavy (non-hydrogen) atoms. The molecule has 0 unspecified atom stereocenters. The molecule has 0 aliphatic carbocycles. The lowest BCUT2D eigenvalue weighted by Crippen LogP contribution is -2.27. The Hall–Kier alpha value is -1.88. The highest BCUT2D eigenvalue weighted by molar-refractivity contribution is 9.10. The fourth-order valence-corrected chi connectivity index (χ4v) is 2.28. The molecule has 2 rings (SSSR count). The summed E-state index contributed by atoms with van der Waals surface area (Å²) in [7, 11) is 1.56. The molecule has 2 aromatic rings. The van der Waals surface area contributed by atoms with Gasteiger partial charge in [0.2, 0.25) is 0 Å². The summed E-state index contributed by atoms with van der Waals surface area (Å²) in [6.07, 6.45) is 0. The second kappa shape index (κ2) is 6.05. The normalized spacial score (nSPS) is 10.3. The Morgan fingerprint density at radius 2 is 1.95 bits per heavy atom. The number of amides is 1. The molecule has 0 aliphatic rings. The molecule has 0 bridgehead atoms. The lowest BCUT2D eigenvalue weighted by molar-refractivity contribution is 0.0777. The molecule has 3 nitrogen and oxygen atoms in total. The summed E-state index contributed by atoms with van der Waals surface area (Å²) in [5, 5.41) is 9.63. The largest absolute Gasteiger partial charge is 0.507 e. The fraction of sp³-hybridized carbons (Fsp3) is 0.133. The third-order valence-corrected chi connectivity index (χ3v) is 3.69. The molecular weight excluding hydrogens is 325 g/mol. The van der Waals surface area contributed by atoms with Gasteiger partial charge in [0, 0.05) is 18.1 Å². The van der Waals surface area contributed by atoms with Crippen molar-refractivity contribution in [3.8, 4) is 5.75 Å². The summed E-state index contributed by atoms with van der Waals surface area (Å²) in [5.41, 5.74) is 0.598. The van der Waals surface area contributed by atoms with Gasteiger partial charge in [0.05, 0.1) is 0 Å². The second-order valence-corrected chi connectivity index (χ2v) is 5.24. The Morgan fingerprint density at radius 3 is 2.60 bits per heavy atom. The number of nitrogens with zero attached hydrogens (tertiary/aromatic N) is 1. The number of hydrogen-bond donors (Lipinski definition) is 1. The zero-order chi connectivity index (χ0) is 14.7. The van der Waals surface area contributed by atoms with Crippen molar-refractivity contribution in [3.05, 3.63) is 63.9 Å². The van der Waals surface area contributed by atoms with Gasteiger partial charge in [0.25, 0.3) is 5.91 Å². The van der Waals surface area contributed by atoms with Crippen molar-refractivity contribution in [1.82, 2.24) is 4.90 Å². The van der Waals surface area contributed by atoms with E-state index in [-0.39, 0.29) is 11.3 Å². The molecule has 0 aromatic heterocycles. The van der Waals surface area contributed by atoms with Crippen LogP contribution < -0.4 is 0 Å². The maximum absolute atomic E-state index is 13.7. The number of rotatable bonds is 3. The number of phenols is 1. The van der Waals surface area contributed by atoms with Crippen molar-refractivity contribution in [2.24, 2.45) is 0 Å². The summed E-state index contributed by atoms with van der Waals surface area (Å²) in [5.74, 6) is -1.64. The van der Waals surface area contributed by atoms with Crippen LogP contribution in [-0.4, -0.2) is 23.0 Å².